The zero-order valence-corrected chi connectivity index (χ0v) is 19.7. The fourth-order valence-electron chi connectivity index (χ4n) is 4.58. The number of anilines is 1. The van der Waals surface area contributed by atoms with Crippen LogP contribution in [0.4, 0.5) is 5.69 Å². The van der Waals surface area contributed by atoms with Crippen molar-refractivity contribution in [3.8, 4) is 5.75 Å². The van der Waals surface area contributed by atoms with Crippen molar-refractivity contribution >= 4 is 23.0 Å². The SMILES string of the molecule is CC(C)Oc1ccc(NC(=S)N2CCC(C(c3ccccc3)c3ccccc3)CC2)cc1. The summed E-state index contributed by atoms with van der Waals surface area (Å²) >= 11 is 5.73. The molecule has 1 saturated heterocycles. The lowest BCUT2D eigenvalue weighted by atomic mass is 9.76. The van der Waals surface area contributed by atoms with Gasteiger partial charge in [0, 0.05) is 24.7 Å². The Labute approximate surface area is 197 Å². The Morgan fingerprint density at radius 1 is 0.844 bits per heavy atom. The number of hydrogen-bond acceptors (Lipinski definition) is 2. The summed E-state index contributed by atoms with van der Waals surface area (Å²) < 4.78 is 5.73. The maximum atomic E-state index is 5.73. The lowest BCUT2D eigenvalue weighted by molar-refractivity contribution is 0.242. The Balaban J connectivity index is 1.38. The molecule has 166 valence electrons. The highest BCUT2D eigenvalue weighted by molar-refractivity contribution is 7.80. The van der Waals surface area contributed by atoms with Gasteiger partial charge in [0.2, 0.25) is 0 Å². The predicted octanol–water partition coefficient (Wildman–Crippen LogP) is 6.71. The van der Waals surface area contributed by atoms with Gasteiger partial charge in [0.25, 0.3) is 0 Å². The van der Waals surface area contributed by atoms with Crippen molar-refractivity contribution in [1.29, 1.82) is 0 Å². The van der Waals surface area contributed by atoms with E-state index in [2.05, 4.69) is 70.9 Å². The minimum Gasteiger partial charge on any atom is -0.491 e. The van der Waals surface area contributed by atoms with Gasteiger partial charge < -0.3 is 15.0 Å². The molecule has 3 nitrogen and oxygen atoms in total. The Bertz CT molecular complexity index is 941. The monoisotopic (exact) mass is 444 g/mol. The second-order valence-corrected chi connectivity index (χ2v) is 9.13. The zero-order chi connectivity index (χ0) is 22.3. The summed E-state index contributed by atoms with van der Waals surface area (Å²) in [4.78, 5) is 2.30. The van der Waals surface area contributed by atoms with Gasteiger partial charge >= 0.3 is 0 Å². The molecule has 0 spiro atoms. The number of likely N-dealkylation sites (tertiary alicyclic amines) is 1. The van der Waals surface area contributed by atoms with Crippen LogP contribution in [-0.2, 0) is 0 Å². The molecule has 0 radical (unpaired) electrons. The van der Waals surface area contributed by atoms with Crippen molar-refractivity contribution in [3.63, 3.8) is 0 Å². The van der Waals surface area contributed by atoms with Crippen molar-refractivity contribution in [3.05, 3.63) is 96.1 Å². The summed E-state index contributed by atoms with van der Waals surface area (Å²) in [6.07, 6.45) is 2.42. The van der Waals surface area contributed by atoms with E-state index in [9.17, 15) is 0 Å². The van der Waals surface area contributed by atoms with E-state index in [4.69, 9.17) is 17.0 Å². The fraction of sp³-hybridized carbons (Fsp3) is 0.321. The van der Waals surface area contributed by atoms with Crippen molar-refractivity contribution < 1.29 is 4.74 Å². The average Bonchev–Trinajstić information content (AvgIpc) is 2.82. The molecule has 0 bridgehead atoms. The molecular weight excluding hydrogens is 412 g/mol. The molecule has 3 aromatic rings. The van der Waals surface area contributed by atoms with E-state index in [0.29, 0.717) is 11.8 Å². The number of thiocarbonyl (C=S) groups is 1. The van der Waals surface area contributed by atoms with Crippen LogP contribution in [0.3, 0.4) is 0 Å². The first kappa shape index (κ1) is 22.3. The van der Waals surface area contributed by atoms with Gasteiger partial charge in [-0.05, 0) is 80.2 Å². The molecule has 1 fully saturated rings. The first-order valence-corrected chi connectivity index (χ1v) is 11.9. The molecule has 4 heteroatoms. The lowest BCUT2D eigenvalue weighted by Crippen LogP contribution is -2.42. The third-order valence-electron chi connectivity index (χ3n) is 6.09. The molecule has 0 unspecified atom stereocenters. The number of hydrogen-bond donors (Lipinski definition) is 1. The second-order valence-electron chi connectivity index (χ2n) is 8.74. The Morgan fingerprint density at radius 2 is 1.38 bits per heavy atom. The molecule has 1 aliphatic rings. The Kier molecular flexibility index (Phi) is 7.43. The van der Waals surface area contributed by atoms with Crippen molar-refractivity contribution in [2.24, 2.45) is 5.92 Å². The van der Waals surface area contributed by atoms with E-state index in [1.54, 1.807) is 0 Å². The number of piperidine rings is 1. The predicted molar refractivity (Wildman–Crippen MR) is 137 cm³/mol. The zero-order valence-electron chi connectivity index (χ0n) is 18.9. The van der Waals surface area contributed by atoms with Crippen LogP contribution in [0, 0.1) is 5.92 Å². The van der Waals surface area contributed by atoms with Crippen LogP contribution in [0.1, 0.15) is 43.7 Å². The molecule has 1 heterocycles. The molecule has 0 atom stereocenters. The molecule has 1 N–H and O–H groups in total. The number of ether oxygens (including phenoxy) is 1. The summed E-state index contributed by atoms with van der Waals surface area (Å²) in [6.45, 7) is 6.01. The molecule has 3 aromatic carbocycles. The van der Waals surface area contributed by atoms with Gasteiger partial charge in [0.05, 0.1) is 6.10 Å². The number of nitrogens with zero attached hydrogens (tertiary/aromatic N) is 1. The highest BCUT2D eigenvalue weighted by atomic mass is 32.1. The van der Waals surface area contributed by atoms with E-state index >= 15 is 0 Å². The van der Waals surface area contributed by atoms with Gasteiger partial charge in [0.15, 0.2) is 5.11 Å². The normalized spacial score (nSPS) is 14.6. The van der Waals surface area contributed by atoms with Crippen LogP contribution in [0.5, 0.6) is 5.75 Å². The largest absolute Gasteiger partial charge is 0.491 e. The van der Waals surface area contributed by atoms with Crippen molar-refractivity contribution in [2.45, 2.75) is 38.7 Å². The van der Waals surface area contributed by atoms with Gasteiger partial charge in [-0.25, -0.2) is 0 Å². The average molecular weight is 445 g/mol. The van der Waals surface area contributed by atoms with E-state index in [0.717, 1.165) is 42.5 Å². The number of rotatable bonds is 6. The third-order valence-corrected chi connectivity index (χ3v) is 6.45. The summed E-state index contributed by atoms with van der Waals surface area (Å²) in [7, 11) is 0. The number of benzene rings is 3. The Hall–Kier alpha value is -2.85. The summed E-state index contributed by atoms with van der Waals surface area (Å²) in [5.74, 6) is 1.91. The Morgan fingerprint density at radius 3 is 1.88 bits per heavy atom. The fourth-order valence-corrected chi connectivity index (χ4v) is 4.89. The molecule has 0 saturated carbocycles. The first-order chi connectivity index (χ1) is 15.6. The molecule has 32 heavy (non-hydrogen) atoms. The first-order valence-electron chi connectivity index (χ1n) is 11.5. The van der Waals surface area contributed by atoms with Crippen LogP contribution < -0.4 is 10.1 Å². The van der Waals surface area contributed by atoms with Crippen LogP contribution in [-0.4, -0.2) is 29.2 Å². The quantitative estimate of drug-likeness (QED) is 0.427. The molecule has 1 aliphatic heterocycles. The minimum atomic E-state index is 0.173. The molecule has 0 aliphatic carbocycles. The smallest absolute Gasteiger partial charge is 0.173 e. The van der Waals surface area contributed by atoms with Gasteiger partial charge in [-0.15, -0.1) is 0 Å². The van der Waals surface area contributed by atoms with Crippen molar-refractivity contribution in [1.82, 2.24) is 4.90 Å². The van der Waals surface area contributed by atoms with E-state index in [-0.39, 0.29) is 6.10 Å². The van der Waals surface area contributed by atoms with Crippen LogP contribution >= 0.6 is 12.2 Å². The van der Waals surface area contributed by atoms with E-state index < -0.39 is 0 Å². The van der Waals surface area contributed by atoms with Gasteiger partial charge in [-0.3, -0.25) is 0 Å². The highest BCUT2D eigenvalue weighted by Crippen LogP contribution is 2.38. The van der Waals surface area contributed by atoms with Crippen molar-refractivity contribution in [2.75, 3.05) is 18.4 Å². The molecule has 4 rings (SSSR count). The van der Waals surface area contributed by atoms with Crippen LogP contribution in [0.25, 0.3) is 0 Å². The lowest BCUT2D eigenvalue weighted by Gasteiger charge is -2.38. The van der Waals surface area contributed by atoms with Crippen LogP contribution in [0.15, 0.2) is 84.9 Å². The van der Waals surface area contributed by atoms with Gasteiger partial charge in [-0.1, -0.05) is 60.7 Å². The van der Waals surface area contributed by atoms with Crippen LogP contribution in [0.2, 0.25) is 0 Å². The maximum absolute atomic E-state index is 5.73. The standard InChI is InChI=1S/C28H32N2OS/c1-21(2)31-26-15-13-25(14-16-26)29-28(32)30-19-17-24(18-20-30)27(22-9-5-3-6-10-22)23-11-7-4-8-12-23/h3-16,21,24,27H,17-20H2,1-2H3,(H,29,32). The third kappa shape index (κ3) is 5.68. The molecule has 0 aromatic heterocycles. The second kappa shape index (κ2) is 10.6. The summed E-state index contributed by atoms with van der Waals surface area (Å²) in [5, 5.41) is 4.20. The topological polar surface area (TPSA) is 24.5 Å². The minimum absolute atomic E-state index is 0.173. The van der Waals surface area contributed by atoms with Gasteiger partial charge in [-0.2, -0.15) is 0 Å². The molecular formula is C28H32N2OS. The highest BCUT2D eigenvalue weighted by Gasteiger charge is 2.29. The summed E-state index contributed by atoms with van der Waals surface area (Å²) in [5.41, 5.74) is 3.81. The number of nitrogens with one attached hydrogen (secondary N) is 1. The maximum Gasteiger partial charge on any atom is 0.173 e. The van der Waals surface area contributed by atoms with E-state index in [1.807, 2.05) is 38.1 Å². The summed E-state index contributed by atoms with van der Waals surface area (Å²) in [6, 6.07) is 29.9. The van der Waals surface area contributed by atoms with E-state index in [1.165, 1.54) is 11.1 Å². The van der Waals surface area contributed by atoms with Gasteiger partial charge in [0.1, 0.15) is 5.75 Å². The molecule has 0 amide bonds.